The van der Waals surface area contributed by atoms with Gasteiger partial charge >= 0.3 is 0 Å². The molecule has 26 heavy (non-hydrogen) atoms. The molecule has 1 N–H and O–H groups in total. The molecule has 2 aromatic carbocycles. The van der Waals surface area contributed by atoms with Gasteiger partial charge in [-0.05, 0) is 55.8 Å². The molecule has 6 heteroatoms. The highest BCUT2D eigenvalue weighted by atomic mass is 16.5. The van der Waals surface area contributed by atoms with E-state index in [1.165, 1.54) is 0 Å². The van der Waals surface area contributed by atoms with Crippen LogP contribution in [0.5, 0.6) is 23.0 Å². The molecule has 2 aromatic rings. The van der Waals surface area contributed by atoms with Crippen LogP contribution in [0.2, 0.25) is 0 Å². The van der Waals surface area contributed by atoms with Gasteiger partial charge in [0.25, 0.3) is 5.91 Å². The third-order valence-corrected chi connectivity index (χ3v) is 3.96. The van der Waals surface area contributed by atoms with E-state index in [1.54, 1.807) is 45.6 Å². The Labute approximate surface area is 154 Å². The fourth-order valence-corrected chi connectivity index (χ4v) is 2.58. The molecule has 0 saturated carbocycles. The van der Waals surface area contributed by atoms with E-state index in [4.69, 9.17) is 18.9 Å². The van der Waals surface area contributed by atoms with Crippen molar-refractivity contribution in [1.82, 2.24) is 5.32 Å². The second-order valence-corrected chi connectivity index (χ2v) is 5.61. The van der Waals surface area contributed by atoms with Gasteiger partial charge in [-0.1, -0.05) is 0 Å². The highest BCUT2D eigenvalue weighted by Crippen LogP contribution is 2.39. The van der Waals surface area contributed by atoms with Gasteiger partial charge in [0, 0.05) is 5.56 Å². The smallest absolute Gasteiger partial charge is 0.251 e. The Balaban J connectivity index is 2.18. The predicted octanol–water partition coefficient (Wildman–Crippen LogP) is 3.60. The van der Waals surface area contributed by atoms with Crippen molar-refractivity contribution >= 4 is 5.91 Å². The van der Waals surface area contributed by atoms with Gasteiger partial charge < -0.3 is 24.3 Å². The van der Waals surface area contributed by atoms with Gasteiger partial charge in [0.15, 0.2) is 11.5 Å². The molecule has 2 rings (SSSR count). The van der Waals surface area contributed by atoms with Crippen LogP contribution in [0, 0.1) is 0 Å². The van der Waals surface area contributed by atoms with E-state index >= 15 is 0 Å². The van der Waals surface area contributed by atoms with Gasteiger partial charge in [0.1, 0.15) is 5.75 Å². The lowest BCUT2D eigenvalue weighted by Crippen LogP contribution is -2.26. The van der Waals surface area contributed by atoms with E-state index in [9.17, 15) is 4.79 Å². The maximum atomic E-state index is 12.5. The second kappa shape index (κ2) is 8.99. The summed E-state index contributed by atoms with van der Waals surface area (Å²) in [5.41, 5.74) is 1.41. The van der Waals surface area contributed by atoms with Gasteiger partial charge in [-0.2, -0.15) is 0 Å². The number of nitrogens with one attached hydrogen (secondary N) is 1. The Kier molecular flexibility index (Phi) is 6.72. The molecule has 1 atom stereocenters. The van der Waals surface area contributed by atoms with E-state index in [0.29, 0.717) is 29.4 Å². The zero-order chi connectivity index (χ0) is 19.1. The average Bonchev–Trinajstić information content (AvgIpc) is 2.67. The number of ether oxygens (including phenoxy) is 4. The highest BCUT2D eigenvalue weighted by molar-refractivity contribution is 5.94. The van der Waals surface area contributed by atoms with Crippen LogP contribution in [0.4, 0.5) is 0 Å². The van der Waals surface area contributed by atoms with Crippen molar-refractivity contribution in [3.05, 3.63) is 47.5 Å². The average molecular weight is 359 g/mol. The minimum absolute atomic E-state index is 0.172. The highest BCUT2D eigenvalue weighted by Gasteiger charge is 2.18. The van der Waals surface area contributed by atoms with Crippen molar-refractivity contribution in [2.24, 2.45) is 0 Å². The van der Waals surface area contributed by atoms with E-state index in [1.807, 2.05) is 26.0 Å². The molecule has 0 bridgehead atoms. The summed E-state index contributed by atoms with van der Waals surface area (Å²) in [4.78, 5) is 12.5. The Morgan fingerprint density at radius 1 is 1.00 bits per heavy atom. The van der Waals surface area contributed by atoms with Crippen LogP contribution >= 0.6 is 0 Å². The van der Waals surface area contributed by atoms with Crippen molar-refractivity contribution in [1.29, 1.82) is 0 Å². The Hall–Kier alpha value is -2.89. The molecular weight excluding hydrogens is 334 g/mol. The zero-order valence-electron chi connectivity index (χ0n) is 15.8. The van der Waals surface area contributed by atoms with Crippen LogP contribution in [-0.4, -0.2) is 33.8 Å². The molecule has 0 aliphatic heterocycles. The first-order valence-corrected chi connectivity index (χ1v) is 8.37. The maximum Gasteiger partial charge on any atom is 0.251 e. The minimum atomic E-state index is -0.247. The van der Waals surface area contributed by atoms with E-state index < -0.39 is 0 Å². The predicted molar refractivity (Wildman–Crippen MR) is 99.6 cm³/mol. The van der Waals surface area contributed by atoms with Crippen LogP contribution < -0.4 is 24.3 Å². The number of hydrogen-bond donors (Lipinski definition) is 1. The summed E-state index contributed by atoms with van der Waals surface area (Å²) in [6, 6.07) is 10.4. The first-order valence-electron chi connectivity index (χ1n) is 8.37. The molecule has 0 radical (unpaired) electrons. The lowest BCUT2D eigenvalue weighted by Gasteiger charge is -2.19. The minimum Gasteiger partial charge on any atom is -0.494 e. The molecule has 0 spiro atoms. The van der Waals surface area contributed by atoms with Crippen molar-refractivity contribution < 1.29 is 23.7 Å². The summed E-state index contributed by atoms with van der Waals surface area (Å²) in [7, 11) is 4.67. The fourth-order valence-electron chi connectivity index (χ4n) is 2.58. The topological polar surface area (TPSA) is 66.0 Å². The van der Waals surface area contributed by atoms with Crippen molar-refractivity contribution in [3.8, 4) is 23.0 Å². The van der Waals surface area contributed by atoms with Gasteiger partial charge in [-0.25, -0.2) is 0 Å². The van der Waals surface area contributed by atoms with Crippen molar-refractivity contribution in [2.45, 2.75) is 19.9 Å². The van der Waals surface area contributed by atoms with Crippen molar-refractivity contribution in [3.63, 3.8) is 0 Å². The third-order valence-electron chi connectivity index (χ3n) is 3.96. The van der Waals surface area contributed by atoms with Crippen LogP contribution in [0.1, 0.15) is 35.8 Å². The summed E-state index contributed by atoms with van der Waals surface area (Å²) in [5.74, 6) is 2.17. The number of benzene rings is 2. The molecule has 140 valence electrons. The normalized spacial score (nSPS) is 11.4. The first kappa shape index (κ1) is 19.4. The van der Waals surface area contributed by atoms with E-state index in [0.717, 1.165) is 11.3 Å². The number of hydrogen-bond acceptors (Lipinski definition) is 5. The van der Waals surface area contributed by atoms with Crippen LogP contribution in [0.25, 0.3) is 0 Å². The molecule has 0 aliphatic rings. The second-order valence-electron chi connectivity index (χ2n) is 5.61. The van der Waals surface area contributed by atoms with E-state index in [2.05, 4.69) is 5.32 Å². The summed E-state index contributed by atoms with van der Waals surface area (Å²) in [6.45, 7) is 4.40. The quantitative estimate of drug-likeness (QED) is 0.780. The summed E-state index contributed by atoms with van der Waals surface area (Å²) in [5, 5.41) is 2.97. The van der Waals surface area contributed by atoms with Crippen LogP contribution in [0.15, 0.2) is 36.4 Å². The lowest BCUT2D eigenvalue weighted by atomic mass is 10.1. The third kappa shape index (κ3) is 4.39. The van der Waals surface area contributed by atoms with Crippen LogP contribution in [-0.2, 0) is 0 Å². The molecule has 0 aliphatic carbocycles. The summed E-state index contributed by atoms with van der Waals surface area (Å²) >= 11 is 0. The standard InChI is InChI=1S/C20H25NO5/c1-6-26-16-9-7-14(8-10-16)20(22)21-13(2)15-11-17(23-3)19(25-5)18(12-15)24-4/h7-13H,6H2,1-5H3,(H,21,22). The molecular formula is C20H25NO5. The maximum absolute atomic E-state index is 12.5. The molecule has 1 unspecified atom stereocenters. The fraction of sp³-hybridized carbons (Fsp3) is 0.350. The Bertz CT molecular complexity index is 717. The Morgan fingerprint density at radius 2 is 1.58 bits per heavy atom. The van der Waals surface area contributed by atoms with Crippen molar-refractivity contribution in [2.75, 3.05) is 27.9 Å². The van der Waals surface area contributed by atoms with Crippen LogP contribution in [0.3, 0.4) is 0 Å². The molecule has 0 aromatic heterocycles. The number of carbonyl (C=O) groups excluding carboxylic acids is 1. The SMILES string of the molecule is CCOc1ccc(C(=O)NC(C)c2cc(OC)c(OC)c(OC)c2)cc1. The monoisotopic (exact) mass is 359 g/mol. The summed E-state index contributed by atoms with van der Waals surface area (Å²) in [6.07, 6.45) is 0. The first-order chi connectivity index (χ1) is 12.5. The molecule has 1 amide bonds. The molecule has 0 saturated heterocycles. The number of carbonyl (C=O) groups is 1. The van der Waals surface area contributed by atoms with Gasteiger partial charge in [-0.15, -0.1) is 0 Å². The molecule has 0 fully saturated rings. The number of rotatable bonds is 8. The Morgan fingerprint density at radius 3 is 2.04 bits per heavy atom. The van der Waals surface area contributed by atoms with Gasteiger partial charge in [-0.3, -0.25) is 4.79 Å². The number of methoxy groups -OCH3 is 3. The van der Waals surface area contributed by atoms with E-state index in [-0.39, 0.29) is 11.9 Å². The largest absolute Gasteiger partial charge is 0.494 e. The lowest BCUT2D eigenvalue weighted by molar-refractivity contribution is 0.0939. The number of amides is 1. The zero-order valence-corrected chi connectivity index (χ0v) is 15.8. The van der Waals surface area contributed by atoms with Gasteiger partial charge in [0.05, 0.1) is 34.0 Å². The summed E-state index contributed by atoms with van der Waals surface area (Å²) < 4.78 is 21.4. The molecule has 6 nitrogen and oxygen atoms in total. The molecule has 0 heterocycles. The van der Waals surface area contributed by atoms with Gasteiger partial charge in [0.2, 0.25) is 5.75 Å².